The van der Waals surface area contributed by atoms with Gasteiger partial charge in [0, 0.05) is 38.0 Å². The van der Waals surface area contributed by atoms with Crippen LogP contribution in [0.2, 0.25) is 0 Å². The third kappa shape index (κ3) is 5.90. The molecule has 1 spiro atoms. The minimum absolute atomic E-state index is 0.0815. The first-order valence-corrected chi connectivity index (χ1v) is 14.6. The van der Waals surface area contributed by atoms with Crippen LogP contribution < -0.4 is 11.1 Å². The first-order chi connectivity index (χ1) is 17.4. The first-order valence-electron chi connectivity index (χ1n) is 13.1. The third-order valence-electron chi connectivity index (χ3n) is 8.17. The molecule has 1 saturated heterocycles. The molecular weight excluding hydrogens is 490 g/mol. The second-order valence-electron chi connectivity index (χ2n) is 11.0. The number of aliphatic imine (C=N–C) groups is 1. The Labute approximate surface area is 220 Å². The summed E-state index contributed by atoms with van der Waals surface area (Å²) in [6.45, 7) is 6.99. The normalized spacial score (nSPS) is 24.3. The number of aryl methyl sites for hydroxylation is 2. The summed E-state index contributed by atoms with van der Waals surface area (Å²) < 4.78 is 27.7. The van der Waals surface area contributed by atoms with Gasteiger partial charge in [-0.05, 0) is 73.8 Å². The van der Waals surface area contributed by atoms with E-state index in [0.29, 0.717) is 25.3 Å². The largest absolute Gasteiger partial charge is 0.351 e. The van der Waals surface area contributed by atoms with Gasteiger partial charge in [0.1, 0.15) is 11.4 Å². The van der Waals surface area contributed by atoms with E-state index in [-0.39, 0.29) is 19.0 Å². The van der Waals surface area contributed by atoms with Gasteiger partial charge >= 0.3 is 6.03 Å². The smallest absolute Gasteiger partial charge is 0.314 e. The molecule has 9 nitrogen and oxygen atoms in total. The number of primary amides is 1. The highest BCUT2D eigenvalue weighted by molar-refractivity contribution is 7.92. The van der Waals surface area contributed by atoms with E-state index in [1.807, 2.05) is 26.0 Å². The van der Waals surface area contributed by atoms with E-state index < -0.39 is 21.6 Å². The molecular formula is C27H39N5O4S. The molecule has 202 valence electrons. The molecule has 0 radical (unpaired) electrons. The molecule has 1 aromatic rings. The molecule has 3 aliphatic rings. The van der Waals surface area contributed by atoms with Crippen LogP contribution in [0.4, 0.5) is 4.79 Å². The maximum Gasteiger partial charge on any atom is 0.314 e. The number of carbonyl (C=O) groups is 2. The molecule has 0 bridgehead atoms. The van der Waals surface area contributed by atoms with Crippen LogP contribution in [0.1, 0.15) is 67.7 Å². The predicted octanol–water partition coefficient (Wildman–Crippen LogP) is 3.30. The van der Waals surface area contributed by atoms with Crippen molar-refractivity contribution in [2.24, 2.45) is 22.6 Å². The molecule has 3 amide bonds. The number of amides is 3. The van der Waals surface area contributed by atoms with E-state index in [0.717, 1.165) is 59.7 Å². The highest BCUT2D eigenvalue weighted by Gasteiger charge is 2.48. The van der Waals surface area contributed by atoms with Crippen molar-refractivity contribution >= 4 is 33.9 Å². The van der Waals surface area contributed by atoms with Gasteiger partial charge in [-0.1, -0.05) is 31.9 Å². The number of nitrogens with zero attached hydrogens (tertiary/aromatic N) is 3. The number of sulfonamides is 1. The zero-order valence-electron chi connectivity index (χ0n) is 22.3. The zero-order valence-corrected chi connectivity index (χ0v) is 23.1. The average molecular weight is 530 g/mol. The van der Waals surface area contributed by atoms with E-state index >= 15 is 0 Å². The van der Waals surface area contributed by atoms with E-state index in [9.17, 15) is 18.0 Å². The molecule has 3 N–H and O–H groups in total. The van der Waals surface area contributed by atoms with Gasteiger partial charge in [0.15, 0.2) is 0 Å². The van der Waals surface area contributed by atoms with Crippen LogP contribution in [0, 0.1) is 25.7 Å². The van der Waals surface area contributed by atoms with Crippen LogP contribution in [-0.4, -0.2) is 61.1 Å². The third-order valence-corrected chi connectivity index (χ3v) is 9.73. The van der Waals surface area contributed by atoms with Crippen molar-refractivity contribution in [1.82, 2.24) is 14.5 Å². The highest BCUT2D eigenvalue weighted by atomic mass is 32.2. The van der Waals surface area contributed by atoms with E-state index in [1.165, 1.54) is 14.6 Å². The number of benzene rings is 1. The Morgan fingerprint density at radius 3 is 2.35 bits per heavy atom. The number of carbonyl (C=O) groups excluding carboxylic acids is 2. The Kier molecular flexibility index (Phi) is 7.80. The number of urea groups is 1. The number of nitrogens with one attached hydrogen (secondary N) is 1. The van der Waals surface area contributed by atoms with Gasteiger partial charge in [0.05, 0.1) is 0 Å². The van der Waals surface area contributed by atoms with Crippen molar-refractivity contribution in [3.8, 4) is 0 Å². The summed E-state index contributed by atoms with van der Waals surface area (Å²) in [6, 6.07) is 3.37. The number of nitrogens with two attached hydrogens (primary N) is 1. The second kappa shape index (κ2) is 10.6. The molecule has 1 aromatic carbocycles. The molecule has 0 atom stereocenters. The highest BCUT2D eigenvalue weighted by Crippen LogP contribution is 2.36. The molecule has 2 aliphatic heterocycles. The fraction of sp³-hybridized carbons (Fsp3) is 0.593. The first kappa shape index (κ1) is 27.3. The lowest BCUT2D eigenvalue weighted by Crippen LogP contribution is -2.50. The van der Waals surface area contributed by atoms with Gasteiger partial charge in [0.25, 0.3) is 5.91 Å². The van der Waals surface area contributed by atoms with E-state index in [2.05, 4.69) is 12.2 Å². The fourth-order valence-corrected chi connectivity index (χ4v) is 6.90. The Hall–Kier alpha value is -2.72. The van der Waals surface area contributed by atoms with Crippen LogP contribution in [0.15, 0.2) is 22.5 Å². The van der Waals surface area contributed by atoms with Crippen molar-refractivity contribution < 1.29 is 18.0 Å². The van der Waals surface area contributed by atoms with Gasteiger partial charge < -0.3 is 16.0 Å². The van der Waals surface area contributed by atoms with Crippen LogP contribution in [0.25, 0.3) is 6.08 Å². The lowest BCUT2D eigenvalue weighted by Gasteiger charge is -2.34. The Morgan fingerprint density at radius 2 is 1.78 bits per heavy atom. The molecule has 1 aliphatic carbocycles. The minimum Gasteiger partial charge on any atom is -0.351 e. The molecule has 0 unspecified atom stereocenters. The molecule has 10 heteroatoms. The van der Waals surface area contributed by atoms with E-state index in [4.69, 9.17) is 10.7 Å². The van der Waals surface area contributed by atoms with Gasteiger partial charge in [-0.2, -0.15) is 4.31 Å². The summed E-state index contributed by atoms with van der Waals surface area (Å²) in [7, 11) is -2.02. The van der Waals surface area contributed by atoms with Crippen LogP contribution in [0.3, 0.4) is 0 Å². The molecule has 2 heterocycles. The average Bonchev–Trinajstić information content (AvgIpc) is 3.14. The van der Waals surface area contributed by atoms with Crippen LogP contribution in [-0.2, 0) is 21.4 Å². The number of hydrogen-bond acceptors (Lipinski definition) is 5. The Bertz CT molecular complexity index is 1200. The molecule has 2 fully saturated rings. The quantitative estimate of drug-likeness (QED) is 0.586. The lowest BCUT2D eigenvalue weighted by atomic mass is 9.82. The molecule has 37 heavy (non-hydrogen) atoms. The van der Waals surface area contributed by atoms with Crippen molar-refractivity contribution in [2.75, 3.05) is 20.1 Å². The van der Waals surface area contributed by atoms with Crippen molar-refractivity contribution in [3.63, 3.8) is 0 Å². The van der Waals surface area contributed by atoms with Crippen molar-refractivity contribution in [1.29, 1.82) is 0 Å². The van der Waals surface area contributed by atoms with Gasteiger partial charge in [-0.25, -0.2) is 13.2 Å². The number of piperidine rings is 1. The monoisotopic (exact) mass is 529 g/mol. The standard InChI is InChI=1S/C27H39N5O4S/c1-18-5-7-22(8-6-18)24-29-25(33)27(30-24)10-12-32(13-11-27)37(35,36)14-9-23-19(2)15-21(16-20(23)3)17-31(4)26(28)34/h9,14-16,18,22H,5-8,10-13,17H2,1-4H3,(H2,28,34)(H,29,30,33)/b14-9+. The van der Waals surface area contributed by atoms with Gasteiger partial charge in [-0.3, -0.25) is 9.79 Å². The lowest BCUT2D eigenvalue weighted by molar-refractivity contribution is -0.125. The molecule has 0 aromatic heterocycles. The van der Waals surface area contributed by atoms with Gasteiger partial charge in [0.2, 0.25) is 10.0 Å². The summed E-state index contributed by atoms with van der Waals surface area (Å²) >= 11 is 0. The van der Waals surface area contributed by atoms with Crippen molar-refractivity contribution in [3.05, 3.63) is 39.8 Å². The summed E-state index contributed by atoms with van der Waals surface area (Å²) in [4.78, 5) is 30.5. The summed E-state index contributed by atoms with van der Waals surface area (Å²) in [5.41, 5.74) is 8.07. The summed E-state index contributed by atoms with van der Waals surface area (Å²) in [5, 5.41) is 4.29. The molecule has 1 saturated carbocycles. The Morgan fingerprint density at radius 1 is 1.19 bits per heavy atom. The summed E-state index contributed by atoms with van der Waals surface area (Å²) in [6.07, 6.45) is 6.80. The predicted molar refractivity (Wildman–Crippen MR) is 145 cm³/mol. The topological polar surface area (TPSA) is 125 Å². The maximum absolute atomic E-state index is 13.1. The number of hydrogen-bond donors (Lipinski definition) is 2. The number of amidine groups is 1. The summed E-state index contributed by atoms with van der Waals surface area (Å²) in [5.74, 6) is 1.75. The van der Waals surface area contributed by atoms with Gasteiger partial charge in [-0.15, -0.1) is 0 Å². The number of rotatable bonds is 6. The molecule has 4 rings (SSSR count). The zero-order chi connectivity index (χ0) is 27.0. The SMILES string of the molecule is Cc1cc(CN(C)C(N)=O)cc(C)c1/C=C/S(=O)(=O)N1CCC2(CC1)N=C(C1CCC(C)CC1)NC2=O. The fourth-order valence-electron chi connectivity index (χ4n) is 5.73. The Balaban J connectivity index is 1.42. The maximum atomic E-state index is 13.1. The van der Waals surface area contributed by atoms with Crippen LogP contribution >= 0.6 is 0 Å². The van der Waals surface area contributed by atoms with Crippen molar-refractivity contribution in [2.45, 2.75) is 71.4 Å². The second-order valence-corrected chi connectivity index (χ2v) is 12.8. The van der Waals surface area contributed by atoms with E-state index in [1.54, 1.807) is 13.1 Å². The minimum atomic E-state index is -3.66. The van der Waals surface area contributed by atoms with Crippen LogP contribution in [0.5, 0.6) is 0 Å².